The van der Waals surface area contributed by atoms with Crippen molar-refractivity contribution < 1.29 is 0 Å². The molecule has 4 nitrogen and oxygen atoms in total. The van der Waals surface area contributed by atoms with E-state index in [1.54, 1.807) is 6.07 Å². The predicted molar refractivity (Wildman–Crippen MR) is 132 cm³/mol. The molecule has 0 spiro atoms. The van der Waals surface area contributed by atoms with E-state index < -0.39 is 0 Å². The van der Waals surface area contributed by atoms with E-state index in [-0.39, 0.29) is 0 Å². The van der Waals surface area contributed by atoms with Crippen LogP contribution in [-0.4, -0.2) is 27.1 Å². The third kappa shape index (κ3) is 4.68. The fourth-order valence-electron chi connectivity index (χ4n) is 3.91. The van der Waals surface area contributed by atoms with Gasteiger partial charge in [0.2, 0.25) is 0 Å². The highest BCUT2D eigenvalue weighted by molar-refractivity contribution is 9.10. The number of nitrogens with zero attached hydrogens (tertiary/aromatic N) is 4. The van der Waals surface area contributed by atoms with Crippen LogP contribution in [0.25, 0.3) is 16.7 Å². The van der Waals surface area contributed by atoms with Crippen molar-refractivity contribution in [3.8, 4) is 5.69 Å². The average Bonchev–Trinajstić information content (AvgIpc) is 3.01. The van der Waals surface area contributed by atoms with Crippen LogP contribution in [0.5, 0.6) is 0 Å². The number of anilines is 1. The Morgan fingerprint density at radius 3 is 2.50 bits per heavy atom. The topological polar surface area (TPSA) is 34.0 Å². The molecule has 0 bridgehead atoms. The van der Waals surface area contributed by atoms with Crippen molar-refractivity contribution in [2.45, 2.75) is 52.5 Å². The standard InChI is InChI=1S/C23H27BrCl2N4/c1-5-8-17(9-6-2)29(12-7-3)22-21-18(24)14-30(23(21)28-15(4)27-22)20-11-10-16(25)13-19(20)26/h7,10-11,13-14,17H,3,5-6,8-9,12H2,1-2,4H3. The van der Waals surface area contributed by atoms with Gasteiger partial charge in [0.1, 0.15) is 11.6 Å². The number of fused-ring (bicyclic) bond motifs is 1. The minimum Gasteiger partial charge on any atom is -0.349 e. The van der Waals surface area contributed by atoms with Gasteiger partial charge < -0.3 is 4.90 Å². The molecule has 0 radical (unpaired) electrons. The summed E-state index contributed by atoms with van der Waals surface area (Å²) < 4.78 is 2.93. The molecule has 7 heteroatoms. The smallest absolute Gasteiger partial charge is 0.151 e. The molecule has 0 atom stereocenters. The van der Waals surface area contributed by atoms with Crippen molar-refractivity contribution in [3.05, 3.63) is 57.4 Å². The summed E-state index contributed by atoms with van der Waals surface area (Å²) in [5.74, 6) is 1.65. The molecular formula is C23H27BrCl2N4. The third-order valence-corrected chi connectivity index (χ3v) is 6.28. The predicted octanol–water partition coefficient (Wildman–Crippen LogP) is 7.76. The molecule has 0 N–H and O–H groups in total. The van der Waals surface area contributed by atoms with Gasteiger partial charge in [-0.2, -0.15) is 0 Å². The van der Waals surface area contributed by atoms with Crippen molar-refractivity contribution in [1.29, 1.82) is 0 Å². The van der Waals surface area contributed by atoms with E-state index >= 15 is 0 Å². The third-order valence-electron chi connectivity index (χ3n) is 5.14. The highest BCUT2D eigenvalue weighted by atomic mass is 79.9. The first kappa shape index (κ1) is 23.1. The van der Waals surface area contributed by atoms with Gasteiger partial charge in [0.05, 0.1) is 16.1 Å². The van der Waals surface area contributed by atoms with Gasteiger partial charge in [-0.25, -0.2) is 9.97 Å². The molecule has 3 rings (SSSR count). The fraction of sp³-hybridized carbons (Fsp3) is 0.391. The van der Waals surface area contributed by atoms with E-state index in [1.807, 2.05) is 35.9 Å². The number of benzene rings is 1. The van der Waals surface area contributed by atoms with Crippen molar-refractivity contribution in [3.63, 3.8) is 0 Å². The monoisotopic (exact) mass is 508 g/mol. The maximum absolute atomic E-state index is 6.51. The van der Waals surface area contributed by atoms with Gasteiger partial charge in [0.25, 0.3) is 0 Å². The minimum atomic E-state index is 0.393. The molecule has 0 amide bonds. The molecule has 1 aromatic carbocycles. The SMILES string of the molecule is C=CCN(c1nc(C)nc2c1c(Br)cn2-c1ccc(Cl)cc1Cl)C(CCC)CCC. The summed E-state index contributed by atoms with van der Waals surface area (Å²) >= 11 is 16.4. The van der Waals surface area contributed by atoms with E-state index in [4.69, 9.17) is 33.2 Å². The Labute approximate surface area is 197 Å². The lowest BCUT2D eigenvalue weighted by Crippen LogP contribution is -2.36. The van der Waals surface area contributed by atoms with Crippen LogP contribution in [-0.2, 0) is 0 Å². The van der Waals surface area contributed by atoms with Crippen LogP contribution in [0.3, 0.4) is 0 Å². The summed E-state index contributed by atoms with van der Waals surface area (Å²) in [4.78, 5) is 12.0. The molecular weight excluding hydrogens is 483 g/mol. The molecule has 2 heterocycles. The quantitative estimate of drug-likeness (QED) is 0.276. The lowest BCUT2D eigenvalue weighted by Gasteiger charge is -2.32. The molecule has 0 aliphatic rings. The molecule has 30 heavy (non-hydrogen) atoms. The molecule has 2 aromatic heterocycles. The number of aryl methyl sites for hydroxylation is 1. The second-order valence-electron chi connectivity index (χ2n) is 7.41. The number of rotatable bonds is 9. The fourth-order valence-corrected chi connectivity index (χ4v) is 4.97. The van der Waals surface area contributed by atoms with Crippen LogP contribution >= 0.6 is 39.1 Å². The maximum Gasteiger partial charge on any atom is 0.151 e. The zero-order chi connectivity index (χ0) is 21.8. The van der Waals surface area contributed by atoms with E-state index in [0.717, 1.165) is 65.1 Å². The zero-order valence-corrected chi connectivity index (χ0v) is 20.7. The van der Waals surface area contributed by atoms with Crippen LogP contribution < -0.4 is 4.90 Å². The number of aromatic nitrogens is 3. The van der Waals surface area contributed by atoms with Gasteiger partial charge in [-0.1, -0.05) is 56.0 Å². The van der Waals surface area contributed by atoms with Gasteiger partial charge in [-0.15, -0.1) is 6.58 Å². The molecule has 0 saturated carbocycles. The number of hydrogen-bond donors (Lipinski definition) is 0. The lowest BCUT2D eigenvalue weighted by molar-refractivity contribution is 0.514. The van der Waals surface area contributed by atoms with E-state index in [1.165, 1.54) is 0 Å². The highest BCUT2D eigenvalue weighted by Gasteiger charge is 2.24. The Balaban J connectivity index is 2.25. The Kier molecular flexibility index (Phi) is 7.83. The summed E-state index contributed by atoms with van der Waals surface area (Å²) in [7, 11) is 0. The van der Waals surface area contributed by atoms with Crippen LogP contribution in [0.15, 0.2) is 41.5 Å². The van der Waals surface area contributed by atoms with Crippen LogP contribution in [0, 0.1) is 6.92 Å². The van der Waals surface area contributed by atoms with Gasteiger partial charge in [-0.3, -0.25) is 4.57 Å². The molecule has 0 unspecified atom stereocenters. The van der Waals surface area contributed by atoms with Crippen molar-refractivity contribution in [1.82, 2.24) is 14.5 Å². The second-order valence-corrected chi connectivity index (χ2v) is 9.11. The molecule has 0 aliphatic heterocycles. The van der Waals surface area contributed by atoms with Gasteiger partial charge in [0, 0.05) is 28.3 Å². The van der Waals surface area contributed by atoms with Gasteiger partial charge in [0.15, 0.2) is 5.65 Å². The van der Waals surface area contributed by atoms with Crippen molar-refractivity contribution in [2.75, 3.05) is 11.4 Å². The van der Waals surface area contributed by atoms with Crippen molar-refractivity contribution >= 4 is 56.0 Å². The first-order valence-electron chi connectivity index (χ1n) is 10.3. The summed E-state index contributed by atoms with van der Waals surface area (Å²) in [6.45, 7) is 11.1. The normalized spacial score (nSPS) is 11.4. The molecule has 0 aliphatic carbocycles. The van der Waals surface area contributed by atoms with Gasteiger partial charge >= 0.3 is 0 Å². The lowest BCUT2D eigenvalue weighted by atomic mass is 10.0. The molecule has 0 saturated heterocycles. The molecule has 3 aromatic rings. The van der Waals surface area contributed by atoms with Crippen LogP contribution in [0.1, 0.15) is 45.4 Å². The van der Waals surface area contributed by atoms with Gasteiger partial charge in [-0.05, 0) is 53.9 Å². The Hall–Kier alpha value is -1.56. The summed E-state index contributed by atoms with van der Waals surface area (Å²) in [6, 6.07) is 5.88. The van der Waals surface area contributed by atoms with Crippen LogP contribution in [0.2, 0.25) is 10.0 Å². The van der Waals surface area contributed by atoms with E-state index in [2.05, 4.69) is 41.3 Å². The van der Waals surface area contributed by atoms with E-state index in [9.17, 15) is 0 Å². The number of hydrogen-bond acceptors (Lipinski definition) is 3. The largest absolute Gasteiger partial charge is 0.349 e. The second kappa shape index (κ2) is 10.2. The van der Waals surface area contributed by atoms with Crippen molar-refractivity contribution in [2.24, 2.45) is 0 Å². The van der Waals surface area contributed by atoms with E-state index in [0.29, 0.717) is 16.1 Å². The Bertz CT molecular complexity index is 1040. The summed E-state index contributed by atoms with van der Waals surface area (Å²) in [6.07, 6.45) is 8.39. The average molecular weight is 510 g/mol. The first-order valence-corrected chi connectivity index (χ1v) is 11.8. The Morgan fingerprint density at radius 1 is 1.20 bits per heavy atom. The molecule has 160 valence electrons. The molecule has 0 fully saturated rings. The number of halogens is 3. The highest BCUT2D eigenvalue weighted by Crippen LogP contribution is 2.37. The summed E-state index contributed by atoms with van der Waals surface area (Å²) in [5, 5.41) is 2.15. The first-order chi connectivity index (χ1) is 14.4. The Morgan fingerprint density at radius 2 is 1.90 bits per heavy atom. The summed E-state index contributed by atoms with van der Waals surface area (Å²) in [5.41, 5.74) is 1.64. The van der Waals surface area contributed by atoms with Crippen LogP contribution in [0.4, 0.5) is 5.82 Å². The zero-order valence-electron chi connectivity index (χ0n) is 17.6. The minimum absolute atomic E-state index is 0.393. The maximum atomic E-state index is 6.51.